The van der Waals surface area contributed by atoms with Crippen molar-refractivity contribution in [2.45, 2.75) is 12.7 Å². The predicted molar refractivity (Wildman–Crippen MR) is 50.5 cm³/mol. The van der Waals surface area contributed by atoms with Crippen molar-refractivity contribution in [3.05, 3.63) is 24.0 Å². The summed E-state index contributed by atoms with van der Waals surface area (Å²) in [6, 6.07) is 2.63. The number of aromatic nitrogens is 1. The fourth-order valence-corrected chi connectivity index (χ4v) is 1.17. The molecule has 0 radical (unpaired) electrons. The molecule has 1 amide bonds. The van der Waals surface area contributed by atoms with Crippen molar-refractivity contribution in [2.75, 3.05) is 6.54 Å². The van der Waals surface area contributed by atoms with Crippen molar-refractivity contribution in [3.8, 4) is 0 Å². The van der Waals surface area contributed by atoms with Crippen molar-refractivity contribution in [2.24, 2.45) is 0 Å². The molecule has 0 spiro atoms. The lowest BCUT2D eigenvalue weighted by atomic mass is 10.4. The molecule has 5 nitrogen and oxygen atoms in total. The summed E-state index contributed by atoms with van der Waals surface area (Å²) < 4.78 is 36.6. The van der Waals surface area contributed by atoms with Gasteiger partial charge in [0.2, 0.25) is 0 Å². The standard InChI is InChI=1S/C9H9F3N2O3/c10-9(11,12)5-13-8(17)6-2-1-3-14(6)4-7(15)16/h1-3H,4-5H2,(H,13,17)(H,15,16). The van der Waals surface area contributed by atoms with Crippen molar-refractivity contribution < 1.29 is 27.9 Å². The van der Waals surface area contributed by atoms with Crippen LogP contribution >= 0.6 is 0 Å². The van der Waals surface area contributed by atoms with Crippen molar-refractivity contribution >= 4 is 11.9 Å². The molecule has 94 valence electrons. The van der Waals surface area contributed by atoms with E-state index in [1.165, 1.54) is 18.3 Å². The van der Waals surface area contributed by atoms with E-state index in [4.69, 9.17) is 5.11 Å². The van der Waals surface area contributed by atoms with Gasteiger partial charge in [-0.25, -0.2) is 0 Å². The van der Waals surface area contributed by atoms with Crippen LogP contribution in [0.2, 0.25) is 0 Å². The van der Waals surface area contributed by atoms with Crippen molar-refractivity contribution in [1.82, 2.24) is 9.88 Å². The highest BCUT2D eigenvalue weighted by atomic mass is 19.4. The molecule has 0 atom stereocenters. The second kappa shape index (κ2) is 4.89. The number of aliphatic carboxylic acids is 1. The summed E-state index contributed by atoms with van der Waals surface area (Å²) in [6.07, 6.45) is -3.20. The van der Waals surface area contributed by atoms with Gasteiger partial charge >= 0.3 is 12.1 Å². The molecule has 1 heterocycles. The molecular formula is C9H9F3N2O3. The number of carbonyl (C=O) groups is 2. The molecule has 0 saturated carbocycles. The Morgan fingerprint density at radius 1 is 1.41 bits per heavy atom. The third-order valence-electron chi connectivity index (χ3n) is 1.82. The Morgan fingerprint density at radius 2 is 2.06 bits per heavy atom. The Hall–Kier alpha value is -1.99. The lowest BCUT2D eigenvalue weighted by Crippen LogP contribution is -2.35. The number of alkyl halides is 3. The highest BCUT2D eigenvalue weighted by Crippen LogP contribution is 2.12. The van der Waals surface area contributed by atoms with E-state index in [0.29, 0.717) is 0 Å². The Kier molecular flexibility index (Phi) is 3.77. The molecule has 0 aliphatic rings. The molecule has 0 aliphatic carbocycles. The molecule has 8 heteroatoms. The highest BCUT2D eigenvalue weighted by Gasteiger charge is 2.28. The van der Waals surface area contributed by atoms with Gasteiger partial charge in [-0.1, -0.05) is 0 Å². The van der Waals surface area contributed by atoms with Gasteiger partial charge in [-0.2, -0.15) is 13.2 Å². The number of carbonyl (C=O) groups excluding carboxylic acids is 1. The topological polar surface area (TPSA) is 71.3 Å². The maximum Gasteiger partial charge on any atom is 0.405 e. The second-order valence-corrected chi connectivity index (χ2v) is 3.21. The minimum Gasteiger partial charge on any atom is -0.480 e. The van der Waals surface area contributed by atoms with Crippen LogP contribution in [0.4, 0.5) is 13.2 Å². The predicted octanol–water partition coefficient (Wildman–Crippen LogP) is 0.865. The van der Waals surface area contributed by atoms with Gasteiger partial charge in [0.05, 0.1) is 0 Å². The maximum atomic E-state index is 11.9. The van der Waals surface area contributed by atoms with Crippen LogP contribution in [-0.4, -0.2) is 34.3 Å². The third-order valence-corrected chi connectivity index (χ3v) is 1.82. The lowest BCUT2D eigenvalue weighted by molar-refractivity contribution is -0.137. The number of halogens is 3. The van der Waals surface area contributed by atoms with Crippen LogP contribution in [0.3, 0.4) is 0 Å². The molecular weight excluding hydrogens is 241 g/mol. The molecule has 1 rings (SSSR count). The average molecular weight is 250 g/mol. The fourth-order valence-electron chi connectivity index (χ4n) is 1.17. The highest BCUT2D eigenvalue weighted by molar-refractivity contribution is 5.93. The van der Waals surface area contributed by atoms with Gasteiger partial charge < -0.3 is 15.0 Å². The zero-order valence-corrected chi connectivity index (χ0v) is 8.49. The smallest absolute Gasteiger partial charge is 0.405 e. The molecule has 1 aromatic rings. The van der Waals surface area contributed by atoms with E-state index in [1.807, 2.05) is 0 Å². The summed E-state index contributed by atoms with van der Waals surface area (Å²) >= 11 is 0. The summed E-state index contributed by atoms with van der Waals surface area (Å²) in [7, 11) is 0. The van der Waals surface area contributed by atoms with Gasteiger partial charge in [-0.15, -0.1) is 0 Å². The van der Waals surface area contributed by atoms with Gasteiger partial charge in [0.15, 0.2) is 0 Å². The molecule has 0 aromatic carbocycles. The Labute approximate surface area is 93.8 Å². The quantitative estimate of drug-likeness (QED) is 0.832. The SMILES string of the molecule is O=C(O)Cn1cccc1C(=O)NCC(F)(F)F. The maximum absolute atomic E-state index is 11.9. The van der Waals surface area contributed by atoms with Gasteiger partial charge in [0, 0.05) is 6.20 Å². The van der Waals surface area contributed by atoms with Crippen LogP contribution in [0.15, 0.2) is 18.3 Å². The number of hydrogen-bond donors (Lipinski definition) is 2. The van der Waals surface area contributed by atoms with E-state index >= 15 is 0 Å². The van der Waals surface area contributed by atoms with E-state index in [-0.39, 0.29) is 5.69 Å². The minimum absolute atomic E-state index is 0.128. The molecule has 2 N–H and O–H groups in total. The Balaban J connectivity index is 2.69. The minimum atomic E-state index is -4.50. The lowest BCUT2D eigenvalue weighted by Gasteiger charge is -2.09. The van der Waals surface area contributed by atoms with Crippen LogP contribution in [0.1, 0.15) is 10.5 Å². The summed E-state index contributed by atoms with van der Waals surface area (Å²) in [5.74, 6) is -2.15. The van der Waals surface area contributed by atoms with Crippen LogP contribution in [0.5, 0.6) is 0 Å². The first kappa shape index (κ1) is 13.1. The number of nitrogens with zero attached hydrogens (tertiary/aromatic N) is 1. The van der Waals surface area contributed by atoms with E-state index in [1.54, 1.807) is 5.32 Å². The second-order valence-electron chi connectivity index (χ2n) is 3.21. The first-order valence-corrected chi connectivity index (χ1v) is 4.51. The van der Waals surface area contributed by atoms with Crippen LogP contribution in [-0.2, 0) is 11.3 Å². The van der Waals surface area contributed by atoms with Gasteiger partial charge in [0.1, 0.15) is 18.8 Å². The number of carboxylic acid groups (broad SMARTS) is 1. The zero-order valence-electron chi connectivity index (χ0n) is 8.49. The van der Waals surface area contributed by atoms with E-state index in [2.05, 4.69) is 0 Å². The normalized spacial score (nSPS) is 11.2. The van der Waals surface area contributed by atoms with Crippen LogP contribution in [0.25, 0.3) is 0 Å². The van der Waals surface area contributed by atoms with Gasteiger partial charge in [-0.3, -0.25) is 9.59 Å². The molecule has 0 saturated heterocycles. The molecule has 17 heavy (non-hydrogen) atoms. The monoisotopic (exact) mass is 250 g/mol. The fraction of sp³-hybridized carbons (Fsp3) is 0.333. The molecule has 0 unspecified atom stereocenters. The van der Waals surface area contributed by atoms with E-state index in [9.17, 15) is 22.8 Å². The van der Waals surface area contributed by atoms with E-state index in [0.717, 1.165) is 4.57 Å². The molecule has 1 aromatic heterocycles. The first-order valence-electron chi connectivity index (χ1n) is 4.51. The largest absolute Gasteiger partial charge is 0.480 e. The van der Waals surface area contributed by atoms with Crippen molar-refractivity contribution in [1.29, 1.82) is 0 Å². The third kappa shape index (κ3) is 4.17. The zero-order chi connectivity index (χ0) is 13.1. The summed E-state index contributed by atoms with van der Waals surface area (Å²) in [5.41, 5.74) is -0.128. The number of hydrogen-bond acceptors (Lipinski definition) is 2. The Bertz CT molecular complexity index is 425. The first-order chi connectivity index (χ1) is 7.79. The molecule has 0 aliphatic heterocycles. The van der Waals surface area contributed by atoms with Crippen LogP contribution in [0, 0.1) is 0 Å². The number of carboxylic acids is 1. The number of nitrogens with one attached hydrogen (secondary N) is 1. The number of rotatable bonds is 4. The average Bonchev–Trinajstić information content (AvgIpc) is 2.60. The number of amides is 1. The summed E-state index contributed by atoms with van der Waals surface area (Å²) in [5, 5.41) is 10.2. The molecule has 0 bridgehead atoms. The molecule has 0 fully saturated rings. The summed E-state index contributed by atoms with van der Waals surface area (Å²) in [4.78, 5) is 21.8. The van der Waals surface area contributed by atoms with E-state index < -0.39 is 31.1 Å². The van der Waals surface area contributed by atoms with Gasteiger partial charge in [-0.05, 0) is 12.1 Å². The van der Waals surface area contributed by atoms with Crippen molar-refractivity contribution in [3.63, 3.8) is 0 Å². The Morgan fingerprint density at radius 3 is 2.59 bits per heavy atom. The summed E-state index contributed by atoms with van der Waals surface area (Å²) in [6.45, 7) is -1.94. The van der Waals surface area contributed by atoms with Gasteiger partial charge in [0.25, 0.3) is 5.91 Å². The van der Waals surface area contributed by atoms with Crippen LogP contribution < -0.4 is 5.32 Å².